The molecule has 0 aliphatic carbocycles. The first-order chi connectivity index (χ1) is 10.8. The summed E-state index contributed by atoms with van der Waals surface area (Å²) in [5.74, 6) is -0.0107. The molecule has 0 radical (unpaired) electrons. The van der Waals surface area contributed by atoms with E-state index < -0.39 is 27.0 Å². The number of piperazine rings is 1. The van der Waals surface area contributed by atoms with Gasteiger partial charge in [-0.25, -0.2) is 8.42 Å². The normalized spacial score (nSPS) is 19.8. The van der Waals surface area contributed by atoms with Crippen LogP contribution in [-0.4, -0.2) is 55.3 Å². The van der Waals surface area contributed by atoms with Crippen molar-refractivity contribution in [3.63, 3.8) is 0 Å². The van der Waals surface area contributed by atoms with E-state index in [2.05, 4.69) is 15.5 Å². The molecule has 0 spiro atoms. The number of hydrogen-bond donors (Lipinski definition) is 1. The minimum absolute atomic E-state index is 0.0459. The van der Waals surface area contributed by atoms with E-state index in [4.69, 9.17) is 11.6 Å². The summed E-state index contributed by atoms with van der Waals surface area (Å²) >= 11 is 5.52. The molecule has 1 aliphatic heterocycles. The Balaban J connectivity index is 2.40. The third-order valence-electron chi connectivity index (χ3n) is 3.50. The zero-order valence-corrected chi connectivity index (χ0v) is 13.6. The van der Waals surface area contributed by atoms with Crippen molar-refractivity contribution in [2.45, 2.75) is 18.0 Å². The minimum atomic E-state index is -4.64. The summed E-state index contributed by atoms with van der Waals surface area (Å²) in [5, 5.41) is 8.56. The van der Waals surface area contributed by atoms with E-state index in [1.54, 1.807) is 0 Å². The molecule has 1 atom stereocenters. The smallest absolute Gasteiger partial charge is 0.351 e. The van der Waals surface area contributed by atoms with Gasteiger partial charge in [0.05, 0.1) is 23.8 Å². The van der Waals surface area contributed by atoms with E-state index in [-0.39, 0.29) is 36.8 Å². The Hall–Kier alpha value is -1.13. The molecule has 130 valence electrons. The van der Waals surface area contributed by atoms with Gasteiger partial charge in [-0.05, 0) is 6.42 Å². The van der Waals surface area contributed by atoms with Crippen molar-refractivity contribution in [2.75, 3.05) is 36.2 Å². The monoisotopic (exact) mass is 372 g/mol. The van der Waals surface area contributed by atoms with E-state index in [0.29, 0.717) is 12.7 Å². The lowest BCUT2D eigenvalue weighted by Crippen LogP contribution is -2.56. The highest BCUT2D eigenvalue weighted by molar-refractivity contribution is 7.92. The number of rotatable bonds is 5. The van der Waals surface area contributed by atoms with E-state index in [0.717, 1.165) is 6.20 Å². The first kappa shape index (κ1) is 18.2. The van der Waals surface area contributed by atoms with Crippen LogP contribution >= 0.6 is 11.6 Å². The summed E-state index contributed by atoms with van der Waals surface area (Å²) in [4.78, 5) is 1.23. The predicted octanol–water partition coefficient (Wildman–Crippen LogP) is 1.27. The third-order valence-corrected chi connectivity index (χ3v) is 5.87. The molecule has 1 N–H and O–H groups in total. The number of nitrogens with zero attached hydrogens (tertiary/aromatic N) is 3. The number of hydrogen-bond acceptors (Lipinski definition) is 6. The summed E-state index contributed by atoms with van der Waals surface area (Å²) in [7, 11) is -3.64. The molecule has 1 aliphatic rings. The summed E-state index contributed by atoms with van der Waals surface area (Å²) in [5.41, 5.74) is -1.26. The Morgan fingerprint density at radius 2 is 2.04 bits per heavy atom. The van der Waals surface area contributed by atoms with Crippen LogP contribution in [0.4, 0.5) is 18.9 Å². The van der Waals surface area contributed by atoms with Gasteiger partial charge in [-0.15, -0.1) is 11.6 Å². The number of anilines is 1. The second kappa shape index (κ2) is 7.18. The number of nitrogens with one attached hydrogen (secondary N) is 1. The van der Waals surface area contributed by atoms with E-state index in [9.17, 15) is 21.6 Å². The molecule has 1 saturated heterocycles. The second-order valence-electron chi connectivity index (χ2n) is 5.05. The lowest BCUT2D eigenvalue weighted by molar-refractivity contribution is -0.137. The van der Waals surface area contributed by atoms with Crippen molar-refractivity contribution in [3.05, 3.63) is 18.0 Å². The van der Waals surface area contributed by atoms with E-state index in [1.807, 2.05) is 0 Å². The number of aromatic nitrogens is 2. The van der Waals surface area contributed by atoms with Crippen LogP contribution in [0.1, 0.15) is 12.0 Å². The van der Waals surface area contributed by atoms with Crippen LogP contribution < -0.4 is 10.2 Å². The Bertz CT molecular complexity index is 641. The minimum Gasteiger partial charge on any atom is -0.351 e. The predicted molar refractivity (Wildman–Crippen MR) is 80.2 cm³/mol. The molecule has 0 bridgehead atoms. The van der Waals surface area contributed by atoms with Gasteiger partial charge in [0.1, 0.15) is 10.9 Å². The van der Waals surface area contributed by atoms with Crippen LogP contribution in [0.15, 0.2) is 12.4 Å². The Morgan fingerprint density at radius 3 is 2.70 bits per heavy atom. The molecule has 1 fully saturated rings. The van der Waals surface area contributed by atoms with Gasteiger partial charge in [-0.1, -0.05) is 0 Å². The molecule has 1 unspecified atom stereocenters. The maximum atomic E-state index is 13.2. The zero-order chi connectivity index (χ0) is 17.1. The zero-order valence-electron chi connectivity index (χ0n) is 12.1. The highest BCUT2D eigenvalue weighted by Crippen LogP contribution is 2.36. The van der Waals surface area contributed by atoms with Crippen molar-refractivity contribution in [1.29, 1.82) is 0 Å². The molecule has 2 rings (SSSR count). The van der Waals surface area contributed by atoms with Crippen LogP contribution in [-0.2, 0) is 16.0 Å². The third kappa shape index (κ3) is 4.24. The van der Waals surface area contributed by atoms with Crippen molar-refractivity contribution in [1.82, 2.24) is 15.5 Å². The topological polar surface area (TPSA) is 75.2 Å². The summed E-state index contributed by atoms with van der Waals surface area (Å²) in [6, 6.07) is 0. The van der Waals surface area contributed by atoms with Gasteiger partial charge in [0, 0.05) is 25.5 Å². The molecule has 0 amide bonds. The van der Waals surface area contributed by atoms with E-state index >= 15 is 0 Å². The molecular formula is C12H16ClF3N4O2S. The van der Waals surface area contributed by atoms with Crippen LogP contribution in [0.25, 0.3) is 0 Å². The molecule has 23 heavy (non-hydrogen) atoms. The van der Waals surface area contributed by atoms with Crippen LogP contribution in [0.3, 0.4) is 0 Å². The van der Waals surface area contributed by atoms with Gasteiger partial charge in [0.2, 0.25) is 0 Å². The summed E-state index contributed by atoms with van der Waals surface area (Å²) in [6.45, 7) is 0.547. The fraction of sp³-hybridized carbons (Fsp3) is 0.667. The van der Waals surface area contributed by atoms with Gasteiger partial charge in [0.15, 0.2) is 9.84 Å². The van der Waals surface area contributed by atoms with Crippen LogP contribution in [0, 0.1) is 0 Å². The molecule has 11 heteroatoms. The second-order valence-corrected chi connectivity index (χ2v) is 7.70. The largest absolute Gasteiger partial charge is 0.420 e. The van der Waals surface area contributed by atoms with Gasteiger partial charge in [0.25, 0.3) is 0 Å². The molecule has 0 saturated carbocycles. The van der Waals surface area contributed by atoms with Crippen molar-refractivity contribution < 1.29 is 21.6 Å². The maximum absolute atomic E-state index is 13.2. The van der Waals surface area contributed by atoms with E-state index in [1.165, 1.54) is 4.90 Å². The number of halogens is 4. The summed E-state index contributed by atoms with van der Waals surface area (Å²) in [6.07, 6.45) is -2.83. The lowest BCUT2D eigenvalue weighted by Gasteiger charge is -2.38. The highest BCUT2D eigenvalue weighted by atomic mass is 35.5. The average Bonchev–Trinajstić information content (AvgIpc) is 2.52. The number of sulfone groups is 1. The van der Waals surface area contributed by atoms with Gasteiger partial charge >= 0.3 is 6.18 Å². The Labute approximate surface area is 136 Å². The van der Waals surface area contributed by atoms with Gasteiger partial charge < -0.3 is 10.2 Å². The fourth-order valence-corrected chi connectivity index (χ4v) is 4.52. The quantitative estimate of drug-likeness (QED) is 0.785. The molecule has 6 nitrogen and oxygen atoms in total. The fourth-order valence-electron chi connectivity index (χ4n) is 2.43. The van der Waals surface area contributed by atoms with Gasteiger partial charge in [-0.3, -0.25) is 0 Å². The first-order valence-corrected chi connectivity index (χ1v) is 9.15. The SMILES string of the molecule is O=S(=O)(CCCCl)C1CNCCN1c1cnncc1C(F)(F)F. The molecular weight excluding hydrogens is 357 g/mol. The van der Waals surface area contributed by atoms with Crippen LogP contribution in [0.2, 0.25) is 0 Å². The van der Waals surface area contributed by atoms with Crippen LogP contribution in [0.5, 0.6) is 0 Å². The Morgan fingerprint density at radius 1 is 1.35 bits per heavy atom. The lowest BCUT2D eigenvalue weighted by atomic mass is 10.2. The van der Waals surface area contributed by atoms with Crippen molar-refractivity contribution in [2.24, 2.45) is 0 Å². The number of alkyl halides is 4. The van der Waals surface area contributed by atoms with Crippen molar-refractivity contribution in [3.8, 4) is 0 Å². The van der Waals surface area contributed by atoms with Crippen molar-refractivity contribution >= 4 is 27.1 Å². The van der Waals surface area contributed by atoms with Gasteiger partial charge in [-0.2, -0.15) is 23.4 Å². The first-order valence-electron chi connectivity index (χ1n) is 6.90. The average molecular weight is 373 g/mol. The maximum Gasteiger partial charge on any atom is 0.420 e. The molecule has 2 heterocycles. The standard InChI is InChI=1S/C12H16ClF3N4O2S/c13-2-1-5-23(21,22)11-8-17-3-4-20(11)10-7-19-18-6-9(10)12(14,15)16/h6-7,11,17H,1-5,8H2. The molecule has 1 aromatic heterocycles. The molecule has 1 aromatic rings. The Kier molecular flexibility index (Phi) is 5.69. The highest BCUT2D eigenvalue weighted by Gasteiger charge is 2.40. The summed E-state index contributed by atoms with van der Waals surface area (Å²) < 4.78 is 64.3. The molecule has 0 aromatic carbocycles.